The van der Waals surface area contributed by atoms with E-state index in [4.69, 9.17) is 4.42 Å². The molecule has 0 spiro atoms. The second-order valence-corrected chi connectivity index (χ2v) is 10.1. The maximum atomic E-state index is 14.5. The van der Waals surface area contributed by atoms with Crippen LogP contribution in [0.15, 0.2) is 52.5 Å². The predicted octanol–water partition coefficient (Wildman–Crippen LogP) is 3.82. The van der Waals surface area contributed by atoms with Gasteiger partial charge in [-0.15, -0.1) is 0 Å². The monoisotopic (exact) mass is 486 g/mol. The van der Waals surface area contributed by atoms with Crippen LogP contribution in [0.2, 0.25) is 0 Å². The molecule has 0 radical (unpaired) electrons. The Kier molecular flexibility index (Phi) is 5.60. The summed E-state index contributed by atoms with van der Waals surface area (Å²) in [5.41, 5.74) is 2.00. The summed E-state index contributed by atoms with van der Waals surface area (Å²) >= 11 is 0. The fraction of sp³-hybridized carbons (Fsp3) is 0.273. The molecule has 0 bridgehead atoms. The van der Waals surface area contributed by atoms with E-state index in [-0.39, 0.29) is 22.3 Å². The molecule has 1 saturated heterocycles. The van der Waals surface area contributed by atoms with Crippen molar-refractivity contribution >= 4 is 38.4 Å². The van der Waals surface area contributed by atoms with Crippen molar-refractivity contribution in [2.45, 2.75) is 23.7 Å². The van der Waals surface area contributed by atoms with E-state index in [0.29, 0.717) is 30.1 Å². The van der Waals surface area contributed by atoms with E-state index in [0.717, 1.165) is 43.1 Å². The van der Waals surface area contributed by atoms with Gasteiger partial charge >= 0.3 is 0 Å². The molecule has 0 saturated carbocycles. The molecule has 5 rings (SSSR count). The number of nitrogens with one attached hydrogen (secondary N) is 1. The second-order valence-electron chi connectivity index (χ2n) is 8.09. The Balaban J connectivity index is 1.36. The number of piperidine rings is 1. The van der Waals surface area contributed by atoms with Gasteiger partial charge in [0.25, 0.3) is 0 Å². The zero-order chi connectivity index (χ0) is 23.9. The number of anilines is 3. The molecule has 176 valence electrons. The molecule has 1 fully saturated rings. The van der Waals surface area contributed by atoms with E-state index in [1.54, 1.807) is 6.26 Å². The number of sulfone groups is 1. The van der Waals surface area contributed by atoms with E-state index in [1.807, 2.05) is 4.90 Å². The molecular weight excluding hydrogens is 466 g/mol. The van der Waals surface area contributed by atoms with Gasteiger partial charge in [-0.1, -0.05) is 0 Å². The molecule has 4 heterocycles. The summed E-state index contributed by atoms with van der Waals surface area (Å²) in [6, 6.07) is 3.63. The van der Waals surface area contributed by atoms with Gasteiger partial charge in [-0.3, -0.25) is 0 Å². The Labute approximate surface area is 193 Å². The Morgan fingerprint density at radius 2 is 1.82 bits per heavy atom. The van der Waals surface area contributed by atoms with Crippen LogP contribution in [0.3, 0.4) is 0 Å². The zero-order valence-electron chi connectivity index (χ0n) is 18.1. The van der Waals surface area contributed by atoms with Crippen molar-refractivity contribution in [1.29, 1.82) is 0 Å². The fourth-order valence-electron chi connectivity index (χ4n) is 4.06. The molecule has 0 atom stereocenters. The SMILES string of the molecule is CS(=O)(=O)c1ccc(Nc2ncnc3c(C4CCN(c5ncc(F)cn5)CC4)coc23)c(F)c1. The quantitative estimate of drug-likeness (QED) is 0.450. The number of hydrogen-bond donors (Lipinski definition) is 1. The van der Waals surface area contributed by atoms with Crippen LogP contribution in [0.4, 0.5) is 26.2 Å². The minimum absolute atomic E-state index is 0.0676. The number of rotatable bonds is 5. The highest BCUT2D eigenvalue weighted by Gasteiger charge is 2.26. The topological polar surface area (TPSA) is 114 Å². The summed E-state index contributed by atoms with van der Waals surface area (Å²) in [6.07, 6.45) is 7.93. The molecule has 1 aliphatic heterocycles. The van der Waals surface area contributed by atoms with Gasteiger partial charge in [0.1, 0.15) is 17.7 Å². The van der Waals surface area contributed by atoms with Gasteiger partial charge in [-0.2, -0.15) is 0 Å². The van der Waals surface area contributed by atoms with Crippen molar-refractivity contribution in [3.05, 3.63) is 60.4 Å². The Hall–Kier alpha value is -3.67. The van der Waals surface area contributed by atoms with Crippen molar-refractivity contribution in [3.8, 4) is 0 Å². The summed E-state index contributed by atoms with van der Waals surface area (Å²) in [5, 5.41) is 2.87. The number of fused-ring (bicyclic) bond motifs is 1. The molecule has 4 aromatic rings. The van der Waals surface area contributed by atoms with E-state index in [9.17, 15) is 17.2 Å². The van der Waals surface area contributed by atoms with Crippen LogP contribution < -0.4 is 10.2 Å². The molecular formula is C22H20F2N6O3S. The zero-order valence-corrected chi connectivity index (χ0v) is 18.9. The minimum atomic E-state index is -3.52. The molecule has 0 unspecified atom stereocenters. The standard InChI is InChI=1S/C22H20F2N6O3S/c1-34(31,32)15-2-3-18(17(24)8-15)29-21-20-19(27-12-28-21)16(11-33-20)13-4-6-30(7-5-13)22-25-9-14(23)10-26-22/h2-3,8-13H,4-7H2,1H3,(H,27,28,29). The molecule has 1 aliphatic rings. The highest BCUT2D eigenvalue weighted by Crippen LogP contribution is 2.36. The van der Waals surface area contributed by atoms with Crippen LogP contribution in [-0.2, 0) is 9.84 Å². The first-order valence-electron chi connectivity index (χ1n) is 10.5. The summed E-state index contributed by atoms with van der Waals surface area (Å²) in [4.78, 5) is 18.5. The molecule has 12 heteroatoms. The molecule has 1 N–H and O–H groups in total. The van der Waals surface area contributed by atoms with Gasteiger partial charge in [0.05, 0.1) is 29.2 Å². The first-order chi connectivity index (χ1) is 16.3. The summed E-state index contributed by atoms with van der Waals surface area (Å²) in [5.74, 6) is -0.254. The molecule has 34 heavy (non-hydrogen) atoms. The van der Waals surface area contributed by atoms with Crippen LogP contribution in [-0.4, -0.2) is 47.7 Å². The van der Waals surface area contributed by atoms with E-state index in [1.165, 1.54) is 18.5 Å². The predicted molar refractivity (Wildman–Crippen MR) is 121 cm³/mol. The number of aromatic nitrogens is 4. The number of halogens is 2. The van der Waals surface area contributed by atoms with E-state index >= 15 is 0 Å². The van der Waals surface area contributed by atoms with Crippen molar-refractivity contribution < 1.29 is 21.6 Å². The third-order valence-corrected chi connectivity index (χ3v) is 6.94. The number of nitrogens with zero attached hydrogens (tertiary/aromatic N) is 5. The average Bonchev–Trinajstić information content (AvgIpc) is 3.25. The van der Waals surface area contributed by atoms with Gasteiger partial charge in [-0.25, -0.2) is 37.1 Å². The molecule has 9 nitrogen and oxygen atoms in total. The van der Waals surface area contributed by atoms with Gasteiger partial charge in [0.15, 0.2) is 27.1 Å². The van der Waals surface area contributed by atoms with Gasteiger partial charge < -0.3 is 14.6 Å². The summed E-state index contributed by atoms with van der Waals surface area (Å²) in [6.45, 7) is 1.38. The minimum Gasteiger partial charge on any atom is -0.458 e. The number of furan rings is 1. The van der Waals surface area contributed by atoms with Crippen LogP contribution in [0, 0.1) is 11.6 Å². The smallest absolute Gasteiger partial charge is 0.225 e. The summed E-state index contributed by atoms with van der Waals surface area (Å²) < 4.78 is 56.7. The highest BCUT2D eigenvalue weighted by molar-refractivity contribution is 7.90. The molecule has 0 amide bonds. The number of hydrogen-bond acceptors (Lipinski definition) is 9. The van der Waals surface area contributed by atoms with Crippen molar-refractivity contribution in [2.75, 3.05) is 29.6 Å². The average molecular weight is 487 g/mol. The third kappa shape index (κ3) is 4.28. The van der Waals surface area contributed by atoms with E-state index in [2.05, 4.69) is 25.3 Å². The second kappa shape index (κ2) is 8.60. The van der Waals surface area contributed by atoms with Gasteiger partial charge in [0.2, 0.25) is 5.95 Å². The molecule has 0 aliphatic carbocycles. The van der Waals surface area contributed by atoms with Crippen LogP contribution in [0.25, 0.3) is 11.1 Å². The van der Waals surface area contributed by atoms with Crippen molar-refractivity contribution in [3.63, 3.8) is 0 Å². The normalized spacial score (nSPS) is 15.1. The lowest BCUT2D eigenvalue weighted by atomic mass is 9.90. The number of benzene rings is 1. The highest BCUT2D eigenvalue weighted by atomic mass is 32.2. The fourth-order valence-corrected chi connectivity index (χ4v) is 4.70. The van der Waals surface area contributed by atoms with Crippen LogP contribution in [0.1, 0.15) is 24.3 Å². The summed E-state index contributed by atoms with van der Waals surface area (Å²) in [7, 11) is -3.52. The lowest BCUT2D eigenvalue weighted by Crippen LogP contribution is -2.34. The van der Waals surface area contributed by atoms with Gasteiger partial charge in [0, 0.05) is 24.9 Å². The largest absolute Gasteiger partial charge is 0.458 e. The lowest BCUT2D eigenvalue weighted by molar-refractivity contribution is 0.492. The Morgan fingerprint density at radius 3 is 2.50 bits per heavy atom. The van der Waals surface area contributed by atoms with Crippen molar-refractivity contribution in [1.82, 2.24) is 19.9 Å². The maximum absolute atomic E-state index is 14.5. The maximum Gasteiger partial charge on any atom is 0.225 e. The first kappa shape index (κ1) is 22.1. The molecule has 3 aromatic heterocycles. The molecule has 1 aromatic carbocycles. The third-order valence-electron chi connectivity index (χ3n) is 5.83. The lowest BCUT2D eigenvalue weighted by Gasteiger charge is -2.31. The van der Waals surface area contributed by atoms with Crippen LogP contribution >= 0.6 is 0 Å². The van der Waals surface area contributed by atoms with E-state index < -0.39 is 21.5 Å². The van der Waals surface area contributed by atoms with Gasteiger partial charge in [-0.05, 0) is 37.0 Å². The Morgan fingerprint density at radius 1 is 1.09 bits per heavy atom. The van der Waals surface area contributed by atoms with Crippen LogP contribution in [0.5, 0.6) is 0 Å². The first-order valence-corrected chi connectivity index (χ1v) is 12.4. The Bertz CT molecular complexity index is 1450. The van der Waals surface area contributed by atoms with Crippen molar-refractivity contribution in [2.24, 2.45) is 0 Å².